The molecule has 2 aromatic rings. The SMILES string of the molecule is COc1c(C)nc(-c2ccc([Si](C)(C)C)c(F)c2F)nc1N. The third-order valence-corrected chi connectivity index (χ3v) is 5.40. The molecule has 0 atom stereocenters. The average molecular weight is 323 g/mol. The zero-order valence-corrected chi connectivity index (χ0v) is 14.3. The number of aromatic nitrogens is 2. The van der Waals surface area contributed by atoms with Gasteiger partial charge in [-0.2, -0.15) is 0 Å². The van der Waals surface area contributed by atoms with Crippen molar-refractivity contribution in [2.24, 2.45) is 0 Å². The molecule has 0 amide bonds. The molecule has 4 nitrogen and oxygen atoms in total. The molecule has 0 aliphatic carbocycles. The number of ether oxygens (including phenoxy) is 1. The number of nitrogen functional groups attached to an aromatic ring is 1. The summed E-state index contributed by atoms with van der Waals surface area (Å²) in [6.45, 7) is 7.54. The van der Waals surface area contributed by atoms with Gasteiger partial charge in [-0.25, -0.2) is 18.7 Å². The molecule has 0 fully saturated rings. The first-order valence-corrected chi connectivity index (χ1v) is 10.3. The van der Waals surface area contributed by atoms with Gasteiger partial charge in [-0.15, -0.1) is 0 Å². The Morgan fingerprint density at radius 3 is 2.23 bits per heavy atom. The van der Waals surface area contributed by atoms with Crippen molar-refractivity contribution in [3.8, 4) is 17.1 Å². The summed E-state index contributed by atoms with van der Waals surface area (Å²) in [5, 5.41) is 0.437. The van der Waals surface area contributed by atoms with Crippen LogP contribution in [0.3, 0.4) is 0 Å². The molecular weight excluding hydrogens is 304 g/mol. The smallest absolute Gasteiger partial charge is 0.182 e. The van der Waals surface area contributed by atoms with Crippen molar-refractivity contribution in [1.29, 1.82) is 0 Å². The van der Waals surface area contributed by atoms with Gasteiger partial charge >= 0.3 is 0 Å². The fraction of sp³-hybridized carbons (Fsp3) is 0.333. The number of hydrogen-bond donors (Lipinski definition) is 1. The normalized spacial score (nSPS) is 11.6. The lowest BCUT2D eigenvalue weighted by atomic mass is 10.2. The van der Waals surface area contributed by atoms with Crippen LogP contribution in [0.1, 0.15) is 5.69 Å². The van der Waals surface area contributed by atoms with Crippen molar-refractivity contribution in [1.82, 2.24) is 9.97 Å². The van der Waals surface area contributed by atoms with E-state index < -0.39 is 19.7 Å². The highest BCUT2D eigenvalue weighted by molar-refractivity contribution is 6.88. The van der Waals surface area contributed by atoms with Crippen molar-refractivity contribution in [3.05, 3.63) is 29.5 Å². The van der Waals surface area contributed by atoms with Gasteiger partial charge in [0.15, 0.2) is 29.0 Å². The van der Waals surface area contributed by atoms with Crippen molar-refractivity contribution < 1.29 is 13.5 Å². The Bertz CT molecular complexity index is 706. The Morgan fingerprint density at radius 1 is 1.09 bits per heavy atom. The maximum absolute atomic E-state index is 14.4. The van der Waals surface area contributed by atoms with Gasteiger partial charge in [0.1, 0.15) is 0 Å². The Labute approximate surface area is 129 Å². The molecule has 7 heteroatoms. The minimum atomic E-state index is -1.97. The van der Waals surface area contributed by atoms with E-state index >= 15 is 0 Å². The summed E-state index contributed by atoms with van der Waals surface area (Å²) in [6.07, 6.45) is 0. The molecule has 0 aliphatic heterocycles. The van der Waals surface area contributed by atoms with Crippen molar-refractivity contribution in [2.75, 3.05) is 12.8 Å². The second-order valence-electron chi connectivity index (χ2n) is 6.09. The second-order valence-corrected chi connectivity index (χ2v) is 11.1. The number of nitrogens with zero attached hydrogens (tertiary/aromatic N) is 2. The fourth-order valence-electron chi connectivity index (χ4n) is 2.26. The third kappa shape index (κ3) is 2.81. The molecule has 0 unspecified atom stereocenters. The molecule has 1 aromatic carbocycles. The Kier molecular flexibility index (Phi) is 4.19. The summed E-state index contributed by atoms with van der Waals surface area (Å²) >= 11 is 0. The first-order chi connectivity index (χ1) is 10.2. The third-order valence-electron chi connectivity index (χ3n) is 3.40. The molecular formula is C15H19F2N3OSi. The predicted octanol–water partition coefficient (Wildman–Crippen LogP) is 2.87. The first-order valence-electron chi connectivity index (χ1n) is 6.83. The van der Waals surface area contributed by atoms with Gasteiger partial charge in [0.25, 0.3) is 0 Å². The average Bonchev–Trinajstić information content (AvgIpc) is 2.40. The van der Waals surface area contributed by atoms with E-state index in [0.717, 1.165) is 0 Å². The number of methoxy groups -OCH3 is 1. The van der Waals surface area contributed by atoms with Crippen molar-refractivity contribution >= 4 is 19.1 Å². The van der Waals surface area contributed by atoms with Crippen LogP contribution < -0.4 is 15.7 Å². The molecule has 0 spiro atoms. The standard InChI is InChI=1S/C15H19F2N3OSi/c1-8-13(21-2)14(18)20-15(19-8)9-6-7-10(22(3,4)5)12(17)11(9)16/h6-7H,1-5H3,(H2,18,19,20). The van der Waals surface area contributed by atoms with Gasteiger partial charge in [-0.05, 0) is 18.2 Å². The minimum absolute atomic E-state index is 0.00282. The van der Waals surface area contributed by atoms with Crippen LogP contribution in [-0.2, 0) is 0 Å². The number of halogens is 2. The maximum atomic E-state index is 14.4. The van der Waals surface area contributed by atoms with Gasteiger partial charge in [-0.1, -0.05) is 25.7 Å². The molecule has 2 N–H and O–H groups in total. The summed E-state index contributed by atoms with van der Waals surface area (Å²) in [5.41, 5.74) is 6.24. The summed E-state index contributed by atoms with van der Waals surface area (Å²) in [6, 6.07) is 3.12. The van der Waals surface area contributed by atoms with E-state index in [1.807, 2.05) is 19.6 Å². The van der Waals surface area contributed by atoms with Gasteiger partial charge in [0, 0.05) is 0 Å². The molecule has 0 radical (unpaired) electrons. The summed E-state index contributed by atoms with van der Waals surface area (Å²) in [7, 11) is -0.521. The van der Waals surface area contributed by atoms with E-state index in [9.17, 15) is 8.78 Å². The van der Waals surface area contributed by atoms with Crippen LogP contribution in [0.5, 0.6) is 5.75 Å². The quantitative estimate of drug-likeness (QED) is 0.882. The molecule has 0 saturated carbocycles. The number of benzene rings is 1. The van der Waals surface area contributed by atoms with E-state index in [-0.39, 0.29) is 17.2 Å². The zero-order chi connectivity index (χ0) is 16.7. The van der Waals surface area contributed by atoms with Crippen molar-refractivity contribution in [2.45, 2.75) is 26.6 Å². The zero-order valence-electron chi connectivity index (χ0n) is 13.3. The molecule has 1 aromatic heterocycles. The van der Waals surface area contributed by atoms with E-state index in [4.69, 9.17) is 10.5 Å². The molecule has 0 bridgehead atoms. The maximum Gasteiger partial charge on any atom is 0.182 e. The highest BCUT2D eigenvalue weighted by Crippen LogP contribution is 2.28. The van der Waals surface area contributed by atoms with Crippen LogP contribution in [0, 0.1) is 18.6 Å². The van der Waals surface area contributed by atoms with Gasteiger partial charge in [-0.3, -0.25) is 0 Å². The van der Waals surface area contributed by atoms with Crippen LogP contribution in [0.4, 0.5) is 14.6 Å². The summed E-state index contributed by atoms with van der Waals surface area (Å²) in [4.78, 5) is 8.17. The monoisotopic (exact) mass is 323 g/mol. The van der Waals surface area contributed by atoms with Crippen LogP contribution >= 0.6 is 0 Å². The van der Waals surface area contributed by atoms with Crippen LogP contribution in [0.15, 0.2) is 12.1 Å². The largest absolute Gasteiger partial charge is 0.491 e. The highest BCUT2D eigenvalue weighted by atomic mass is 28.3. The minimum Gasteiger partial charge on any atom is -0.491 e. The predicted molar refractivity (Wildman–Crippen MR) is 86.1 cm³/mol. The van der Waals surface area contributed by atoms with Crippen LogP contribution in [0.2, 0.25) is 19.6 Å². The topological polar surface area (TPSA) is 61.0 Å². The second kappa shape index (κ2) is 5.64. The summed E-state index contributed by atoms with van der Waals surface area (Å²) in [5.74, 6) is -1.28. The van der Waals surface area contributed by atoms with E-state index in [2.05, 4.69) is 9.97 Å². The molecule has 2 rings (SSSR count). The van der Waals surface area contributed by atoms with E-state index in [0.29, 0.717) is 16.6 Å². The molecule has 1 heterocycles. The number of rotatable bonds is 3. The lowest BCUT2D eigenvalue weighted by Crippen LogP contribution is -2.40. The van der Waals surface area contributed by atoms with Gasteiger partial charge < -0.3 is 10.5 Å². The van der Waals surface area contributed by atoms with Crippen LogP contribution in [-0.4, -0.2) is 25.2 Å². The number of aryl methyl sites for hydroxylation is 1. The van der Waals surface area contributed by atoms with E-state index in [1.54, 1.807) is 13.0 Å². The Morgan fingerprint density at radius 2 is 1.73 bits per heavy atom. The molecule has 0 aliphatic rings. The molecule has 22 heavy (non-hydrogen) atoms. The molecule has 0 saturated heterocycles. The van der Waals surface area contributed by atoms with Crippen LogP contribution in [0.25, 0.3) is 11.4 Å². The number of nitrogens with two attached hydrogens (primary N) is 1. The Hall–Kier alpha value is -2.02. The first kappa shape index (κ1) is 16.3. The van der Waals surface area contributed by atoms with Crippen molar-refractivity contribution in [3.63, 3.8) is 0 Å². The van der Waals surface area contributed by atoms with Gasteiger partial charge in [0.05, 0.1) is 26.4 Å². The lowest BCUT2D eigenvalue weighted by Gasteiger charge is -2.18. The molecule has 118 valence electrons. The number of hydrogen-bond acceptors (Lipinski definition) is 4. The summed E-state index contributed by atoms with van der Waals surface area (Å²) < 4.78 is 33.8. The fourth-order valence-corrected chi connectivity index (χ4v) is 3.61. The lowest BCUT2D eigenvalue weighted by molar-refractivity contribution is 0.409. The van der Waals surface area contributed by atoms with E-state index in [1.165, 1.54) is 13.2 Å². The highest BCUT2D eigenvalue weighted by Gasteiger charge is 2.26. The van der Waals surface area contributed by atoms with Gasteiger partial charge in [0.2, 0.25) is 0 Å². The Balaban J connectivity index is 2.62. The number of anilines is 1.